The number of carbonyl (C=O) groups is 2. The van der Waals surface area contributed by atoms with Gasteiger partial charge in [0.05, 0.1) is 5.41 Å². The maximum absolute atomic E-state index is 12.0. The second-order valence-corrected chi connectivity index (χ2v) is 4.46. The minimum atomic E-state index is -0.864. The molecule has 8 heteroatoms. The van der Waals surface area contributed by atoms with Crippen LogP contribution >= 0.6 is 0 Å². The van der Waals surface area contributed by atoms with Crippen molar-refractivity contribution >= 4 is 17.8 Å². The van der Waals surface area contributed by atoms with Crippen molar-refractivity contribution in [3.8, 4) is 0 Å². The number of carbonyl (C=O) groups excluding carboxylic acids is 1. The summed E-state index contributed by atoms with van der Waals surface area (Å²) in [6, 6.07) is 0. The average molecular weight is 253 g/mol. The number of aromatic amines is 1. The van der Waals surface area contributed by atoms with Gasteiger partial charge < -0.3 is 15.7 Å². The maximum Gasteiger partial charge on any atom is 0.311 e. The summed E-state index contributed by atoms with van der Waals surface area (Å²) in [6.07, 6.45) is 0.943. The lowest BCUT2D eigenvalue weighted by Gasteiger charge is -2.22. The van der Waals surface area contributed by atoms with Gasteiger partial charge in [0, 0.05) is 13.1 Å². The molecule has 1 fully saturated rings. The van der Waals surface area contributed by atoms with E-state index in [9.17, 15) is 14.7 Å². The topological polar surface area (TPSA) is 125 Å². The number of hydrogen-bond donors (Lipinski definition) is 3. The van der Waals surface area contributed by atoms with Gasteiger partial charge in [-0.05, 0) is 12.8 Å². The first kappa shape index (κ1) is 12.3. The van der Waals surface area contributed by atoms with Gasteiger partial charge in [0.2, 0.25) is 11.8 Å². The smallest absolute Gasteiger partial charge is 0.311 e. The maximum atomic E-state index is 12.0. The number of nitrogens with two attached hydrogens (primary N) is 1. The number of carboxylic acids is 1. The Balaban J connectivity index is 2.13. The van der Waals surface area contributed by atoms with Gasteiger partial charge >= 0.3 is 5.97 Å². The van der Waals surface area contributed by atoms with Crippen LogP contribution < -0.4 is 5.73 Å². The Morgan fingerprint density at radius 2 is 2.33 bits per heavy atom. The molecular weight excluding hydrogens is 238 g/mol. The number of nitrogens with one attached hydrogen (secondary N) is 1. The number of amides is 1. The van der Waals surface area contributed by atoms with Crippen LogP contribution in [0.4, 0.5) is 5.95 Å². The van der Waals surface area contributed by atoms with E-state index < -0.39 is 11.4 Å². The number of carboxylic acid groups (broad SMARTS) is 1. The Hall–Kier alpha value is -2.12. The minimum Gasteiger partial charge on any atom is -0.481 e. The zero-order valence-corrected chi connectivity index (χ0v) is 10.0. The number of aliphatic carboxylic acids is 1. The van der Waals surface area contributed by atoms with Crippen molar-refractivity contribution in [2.75, 3.05) is 18.8 Å². The summed E-state index contributed by atoms with van der Waals surface area (Å²) in [6.45, 7) is 2.41. The molecule has 1 amide bonds. The van der Waals surface area contributed by atoms with E-state index in [-0.39, 0.29) is 24.2 Å². The molecule has 2 heterocycles. The Kier molecular flexibility index (Phi) is 2.93. The van der Waals surface area contributed by atoms with Crippen LogP contribution in [0.15, 0.2) is 0 Å². The van der Waals surface area contributed by atoms with Crippen LogP contribution in [0.25, 0.3) is 0 Å². The molecule has 8 nitrogen and oxygen atoms in total. The summed E-state index contributed by atoms with van der Waals surface area (Å²) in [4.78, 5) is 28.5. The van der Waals surface area contributed by atoms with Crippen molar-refractivity contribution in [2.24, 2.45) is 5.41 Å². The van der Waals surface area contributed by atoms with Gasteiger partial charge in [-0.15, -0.1) is 5.10 Å². The number of aromatic nitrogens is 3. The van der Waals surface area contributed by atoms with E-state index in [4.69, 9.17) is 5.73 Å². The van der Waals surface area contributed by atoms with Crippen LogP contribution in [0.2, 0.25) is 0 Å². The van der Waals surface area contributed by atoms with Crippen molar-refractivity contribution in [1.82, 2.24) is 20.1 Å². The first-order valence-corrected chi connectivity index (χ1v) is 5.69. The first-order chi connectivity index (χ1) is 8.48. The number of likely N-dealkylation sites (tertiary alicyclic amines) is 1. The minimum absolute atomic E-state index is 0.00228. The van der Waals surface area contributed by atoms with Crippen LogP contribution in [0.1, 0.15) is 30.4 Å². The molecule has 0 spiro atoms. The molecule has 1 aromatic heterocycles. The summed E-state index contributed by atoms with van der Waals surface area (Å²) in [5.41, 5.74) is 4.48. The van der Waals surface area contributed by atoms with Gasteiger partial charge in [-0.1, -0.05) is 6.92 Å². The Morgan fingerprint density at radius 3 is 2.78 bits per heavy atom. The molecule has 1 aliphatic heterocycles. The standard InChI is InChI=1S/C10H15N5O3/c1-2-10(8(17)18)3-4-15(5-10)7(16)6-12-9(11)14-13-6/h2-5H2,1H3,(H,17,18)(H3,11,12,13,14). The van der Waals surface area contributed by atoms with Gasteiger partial charge in [0.15, 0.2) is 0 Å². The van der Waals surface area contributed by atoms with Crippen molar-refractivity contribution in [1.29, 1.82) is 0 Å². The molecule has 18 heavy (non-hydrogen) atoms. The fraction of sp³-hybridized carbons (Fsp3) is 0.600. The molecule has 0 aliphatic carbocycles. The van der Waals surface area contributed by atoms with Gasteiger partial charge in [0.25, 0.3) is 5.91 Å². The molecule has 0 radical (unpaired) electrons. The second kappa shape index (κ2) is 4.28. The molecule has 1 aromatic rings. The number of H-pyrrole nitrogens is 1. The zero-order valence-electron chi connectivity index (χ0n) is 10.0. The number of nitrogen functional groups attached to an aromatic ring is 1. The molecule has 1 unspecified atom stereocenters. The second-order valence-electron chi connectivity index (χ2n) is 4.46. The highest BCUT2D eigenvalue weighted by Gasteiger charge is 2.45. The van der Waals surface area contributed by atoms with E-state index in [1.165, 1.54) is 4.90 Å². The highest BCUT2D eigenvalue weighted by atomic mass is 16.4. The number of rotatable bonds is 3. The third kappa shape index (κ3) is 1.89. The predicted molar refractivity (Wildman–Crippen MR) is 61.7 cm³/mol. The van der Waals surface area contributed by atoms with Crippen molar-refractivity contribution in [3.05, 3.63) is 5.82 Å². The van der Waals surface area contributed by atoms with Crippen LogP contribution in [0.3, 0.4) is 0 Å². The fourth-order valence-electron chi connectivity index (χ4n) is 2.18. The first-order valence-electron chi connectivity index (χ1n) is 5.69. The lowest BCUT2D eigenvalue weighted by Crippen LogP contribution is -2.36. The van der Waals surface area contributed by atoms with E-state index in [0.717, 1.165) is 0 Å². The van der Waals surface area contributed by atoms with Crippen LogP contribution in [0.5, 0.6) is 0 Å². The number of anilines is 1. The third-order valence-corrected chi connectivity index (χ3v) is 3.48. The molecule has 0 saturated carbocycles. The Bertz CT molecular complexity index is 486. The van der Waals surface area contributed by atoms with Gasteiger partial charge in [-0.2, -0.15) is 4.98 Å². The molecule has 1 aliphatic rings. The third-order valence-electron chi connectivity index (χ3n) is 3.48. The lowest BCUT2D eigenvalue weighted by molar-refractivity contribution is -0.148. The summed E-state index contributed by atoms with van der Waals surface area (Å²) in [7, 11) is 0. The average Bonchev–Trinajstić information content (AvgIpc) is 2.95. The van der Waals surface area contributed by atoms with Crippen molar-refractivity contribution in [2.45, 2.75) is 19.8 Å². The molecule has 1 atom stereocenters. The fourth-order valence-corrected chi connectivity index (χ4v) is 2.18. The summed E-state index contributed by atoms with van der Waals surface area (Å²) in [5.74, 6) is -1.18. The molecule has 98 valence electrons. The van der Waals surface area contributed by atoms with Crippen molar-refractivity contribution in [3.63, 3.8) is 0 Å². The molecule has 0 aromatic carbocycles. The van der Waals surface area contributed by atoms with Gasteiger partial charge in [0.1, 0.15) is 0 Å². The van der Waals surface area contributed by atoms with Gasteiger partial charge in [-0.3, -0.25) is 14.7 Å². The highest BCUT2D eigenvalue weighted by Crippen LogP contribution is 2.34. The summed E-state index contributed by atoms with van der Waals surface area (Å²) < 4.78 is 0. The predicted octanol–water partition coefficient (Wildman–Crippen LogP) is -0.286. The normalized spacial score (nSPS) is 23.3. The highest BCUT2D eigenvalue weighted by molar-refractivity contribution is 5.91. The molecule has 0 bridgehead atoms. The SMILES string of the molecule is CCC1(C(=O)O)CCN(C(=O)c2nc(N)n[nH]2)C1. The molecule has 4 N–H and O–H groups in total. The van der Waals surface area contributed by atoms with E-state index >= 15 is 0 Å². The Labute approximate surface area is 103 Å². The number of nitrogens with zero attached hydrogens (tertiary/aromatic N) is 3. The van der Waals surface area contributed by atoms with E-state index in [1.807, 2.05) is 6.92 Å². The van der Waals surface area contributed by atoms with Crippen LogP contribution in [-0.2, 0) is 4.79 Å². The van der Waals surface area contributed by atoms with E-state index in [1.54, 1.807) is 0 Å². The Morgan fingerprint density at radius 1 is 1.61 bits per heavy atom. The van der Waals surface area contributed by atoms with Crippen LogP contribution in [0, 0.1) is 5.41 Å². The summed E-state index contributed by atoms with van der Waals surface area (Å²) in [5, 5.41) is 15.3. The molecule has 2 rings (SSSR count). The van der Waals surface area contributed by atoms with E-state index in [0.29, 0.717) is 19.4 Å². The van der Waals surface area contributed by atoms with Gasteiger partial charge in [-0.25, -0.2) is 0 Å². The molecule has 1 saturated heterocycles. The summed E-state index contributed by atoms with van der Waals surface area (Å²) >= 11 is 0. The number of hydrogen-bond acceptors (Lipinski definition) is 5. The molecular formula is C10H15N5O3. The quantitative estimate of drug-likeness (QED) is 0.680. The lowest BCUT2D eigenvalue weighted by atomic mass is 9.84. The van der Waals surface area contributed by atoms with E-state index in [2.05, 4.69) is 15.2 Å². The zero-order chi connectivity index (χ0) is 13.3. The monoisotopic (exact) mass is 253 g/mol. The largest absolute Gasteiger partial charge is 0.481 e. The van der Waals surface area contributed by atoms with Crippen molar-refractivity contribution < 1.29 is 14.7 Å². The van der Waals surface area contributed by atoms with Crippen LogP contribution in [-0.4, -0.2) is 50.2 Å².